The Bertz CT molecular complexity index is 565. The van der Waals surface area contributed by atoms with Crippen LogP contribution in [0.4, 0.5) is 0 Å². The molecule has 3 heterocycles. The first-order valence-corrected chi connectivity index (χ1v) is 7.89. The fourth-order valence-corrected chi connectivity index (χ4v) is 4.13. The summed E-state index contributed by atoms with van der Waals surface area (Å²) in [6.45, 7) is 1.56. The lowest BCUT2D eigenvalue weighted by Gasteiger charge is -2.19. The maximum Gasteiger partial charge on any atom is 0.320 e. The van der Waals surface area contributed by atoms with Crippen LogP contribution in [0.1, 0.15) is 17.7 Å². The van der Waals surface area contributed by atoms with Crippen molar-refractivity contribution in [1.29, 1.82) is 0 Å². The van der Waals surface area contributed by atoms with E-state index in [4.69, 9.17) is 5.11 Å². The lowest BCUT2D eigenvalue weighted by atomic mass is 10.2. The zero-order chi connectivity index (χ0) is 13.2. The molecule has 1 aliphatic rings. The third kappa shape index (κ3) is 2.70. The SMILES string of the molecule is O=C(O)[C@@H]1CCCN1Cc1cnc(-c2cccs2)s1. The van der Waals surface area contributed by atoms with Crippen molar-refractivity contribution in [2.45, 2.75) is 25.4 Å². The van der Waals surface area contributed by atoms with Crippen LogP contribution in [0.25, 0.3) is 9.88 Å². The Balaban J connectivity index is 1.72. The van der Waals surface area contributed by atoms with Gasteiger partial charge in [-0.1, -0.05) is 6.07 Å². The largest absolute Gasteiger partial charge is 0.480 e. The molecule has 2 aromatic rings. The number of aromatic nitrogens is 1. The van der Waals surface area contributed by atoms with Crippen LogP contribution in [0.15, 0.2) is 23.7 Å². The summed E-state index contributed by atoms with van der Waals surface area (Å²) in [5.41, 5.74) is 0. The smallest absolute Gasteiger partial charge is 0.320 e. The first-order chi connectivity index (χ1) is 9.24. The summed E-state index contributed by atoms with van der Waals surface area (Å²) in [6.07, 6.45) is 3.59. The van der Waals surface area contributed by atoms with E-state index < -0.39 is 5.97 Å². The molecule has 2 aromatic heterocycles. The Kier molecular flexibility index (Phi) is 3.63. The summed E-state index contributed by atoms with van der Waals surface area (Å²) < 4.78 is 0. The Hall–Kier alpha value is -1.24. The van der Waals surface area contributed by atoms with Gasteiger partial charge in [0.15, 0.2) is 0 Å². The lowest BCUT2D eigenvalue weighted by Crippen LogP contribution is -2.35. The number of thiazole rings is 1. The van der Waals surface area contributed by atoms with Crippen molar-refractivity contribution in [1.82, 2.24) is 9.88 Å². The Morgan fingerprint density at radius 2 is 2.47 bits per heavy atom. The van der Waals surface area contributed by atoms with Crippen LogP contribution < -0.4 is 0 Å². The van der Waals surface area contributed by atoms with Gasteiger partial charge < -0.3 is 5.11 Å². The van der Waals surface area contributed by atoms with Gasteiger partial charge in [0.2, 0.25) is 0 Å². The average molecular weight is 294 g/mol. The fraction of sp³-hybridized carbons (Fsp3) is 0.385. The number of carboxylic acids is 1. The Morgan fingerprint density at radius 3 is 3.21 bits per heavy atom. The van der Waals surface area contributed by atoms with Crippen molar-refractivity contribution in [3.05, 3.63) is 28.6 Å². The number of likely N-dealkylation sites (tertiary alicyclic amines) is 1. The van der Waals surface area contributed by atoms with Gasteiger partial charge in [0.05, 0.1) is 4.88 Å². The molecule has 0 amide bonds. The van der Waals surface area contributed by atoms with Crippen molar-refractivity contribution in [2.75, 3.05) is 6.54 Å². The number of hydrogen-bond donors (Lipinski definition) is 1. The second-order valence-corrected chi connectivity index (χ2v) is 6.64. The fourth-order valence-electron chi connectivity index (χ4n) is 2.39. The second kappa shape index (κ2) is 5.40. The van der Waals surface area contributed by atoms with Crippen LogP contribution in [0.5, 0.6) is 0 Å². The number of rotatable bonds is 4. The van der Waals surface area contributed by atoms with Gasteiger partial charge in [0.1, 0.15) is 11.0 Å². The molecular formula is C13H14N2O2S2. The Morgan fingerprint density at radius 1 is 1.58 bits per heavy atom. The monoisotopic (exact) mass is 294 g/mol. The normalized spacial score (nSPS) is 19.9. The number of carbonyl (C=O) groups is 1. The van der Waals surface area contributed by atoms with Crippen LogP contribution in [-0.2, 0) is 11.3 Å². The van der Waals surface area contributed by atoms with Crippen LogP contribution in [0.3, 0.4) is 0 Å². The molecule has 1 atom stereocenters. The zero-order valence-corrected chi connectivity index (χ0v) is 11.9. The lowest BCUT2D eigenvalue weighted by molar-refractivity contribution is -0.142. The molecule has 19 heavy (non-hydrogen) atoms. The first-order valence-electron chi connectivity index (χ1n) is 6.19. The van der Waals surface area contributed by atoms with E-state index in [9.17, 15) is 4.79 Å². The third-order valence-electron chi connectivity index (χ3n) is 3.29. The molecule has 0 radical (unpaired) electrons. The zero-order valence-electron chi connectivity index (χ0n) is 10.3. The van der Waals surface area contributed by atoms with Crippen molar-refractivity contribution in [2.24, 2.45) is 0 Å². The minimum atomic E-state index is -0.708. The molecule has 0 aliphatic carbocycles. The van der Waals surface area contributed by atoms with Gasteiger partial charge in [0.25, 0.3) is 0 Å². The number of aliphatic carboxylic acids is 1. The topological polar surface area (TPSA) is 53.4 Å². The third-order valence-corrected chi connectivity index (χ3v) is 5.31. The molecule has 0 spiro atoms. The highest BCUT2D eigenvalue weighted by Crippen LogP contribution is 2.30. The van der Waals surface area contributed by atoms with Gasteiger partial charge in [-0.15, -0.1) is 22.7 Å². The number of carboxylic acid groups (broad SMARTS) is 1. The molecule has 6 heteroatoms. The molecule has 1 aliphatic heterocycles. The summed E-state index contributed by atoms with van der Waals surface area (Å²) in [5.74, 6) is -0.708. The molecule has 4 nitrogen and oxygen atoms in total. The van der Waals surface area contributed by atoms with Gasteiger partial charge in [-0.2, -0.15) is 0 Å². The summed E-state index contributed by atoms with van der Waals surface area (Å²) in [7, 11) is 0. The summed E-state index contributed by atoms with van der Waals surface area (Å²) in [6, 6.07) is 3.75. The highest BCUT2D eigenvalue weighted by molar-refractivity contribution is 7.20. The maximum atomic E-state index is 11.1. The summed E-state index contributed by atoms with van der Waals surface area (Å²) >= 11 is 3.33. The van der Waals surface area contributed by atoms with E-state index in [1.54, 1.807) is 22.7 Å². The van der Waals surface area contributed by atoms with Crippen molar-refractivity contribution in [3.8, 4) is 9.88 Å². The summed E-state index contributed by atoms with van der Waals surface area (Å²) in [4.78, 5) is 19.9. The molecule has 100 valence electrons. The van der Waals surface area contributed by atoms with E-state index in [-0.39, 0.29) is 6.04 Å². The number of nitrogens with zero attached hydrogens (tertiary/aromatic N) is 2. The van der Waals surface area contributed by atoms with Crippen LogP contribution in [0.2, 0.25) is 0 Å². The van der Waals surface area contributed by atoms with Gasteiger partial charge in [-0.25, -0.2) is 4.98 Å². The molecule has 0 unspecified atom stereocenters. The second-order valence-electron chi connectivity index (χ2n) is 4.58. The number of hydrogen-bond acceptors (Lipinski definition) is 5. The molecule has 1 saturated heterocycles. The first kappa shape index (κ1) is 12.8. The van der Waals surface area contributed by atoms with Gasteiger partial charge in [-0.3, -0.25) is 9.69 Å². The van der Waals surface area contributed by atoms with Gasteiger partial charge >= 0.3 is 5.97 Å². The number of thiophene rings is 1. The van der Waals surface area contributed by atoms with Crippen molar-refractivity contribution < 1.29 is 9.90 Å². The van der Waals surface area contributed by atoms with Gasteiger partial charge in [-0.05, 0) is 30.8 Å². The van der Waals surface area contributed by atoms with Crippen molar-refractivity contribution >= 4 is 28.6 Å². The van der Waals surface area contributed by atoms with E-state index in [1.807, 2.05) is 22.5 Å². The molecule has 0 bridgehead atoms. The molecule has 1 fully saturated rings. The van der Waals surface area contributed by atoms with Crippen LogP contribution in [0, 0.1) is 0 Å². The molecule has 0 aromatic carbocycles. The predicted octanol–water partition coefficient (Wildman–Crippen LogP) is 2.92. The Labute approximate surface area is 119 Å². The maximum absolute atomic E-state index is 11.1. The molecule has 3 rings (SSSR count). The highest BCUT2D eigenvalue weighted by Gasteiger charge is 2.30. The van der Waals surface area contributed by atoms with Gasteiger partial charge in [0, 0.05) is 17.6 Å². The van der Waals surface area contributed by atoms with Crippen LogP contribution in [-0.4, -0.2) is 33.5 Å². The molecule has 0 saturated carbocycles. The average Bonchev–Trinajstić information content (AvgIpc) is 3.09. The standard InChI is InChI=1S/C13H14N2O2S2/c16-13(17)10-3-1-5-15(10)8-9-7-14-12(19-9)11-4-2-6-18-11/h2,4,6-7,10H,1,3,5,8H2,(H,16,17)/t10-/m0/s1. The van der Waals surface area contributed by atoms with Crippen LogP contribution >= 0.6 is 22.7 Å². The molecule has 1 N–H and O–H groups in total. The highest BCUT2D eigenvalue weighted by atomic mass is 32.1. The molecular weight excluding hydrogens is 280 g/mol. The summed E-state index contributed by atoms with van der Waals surface area (Å²) in [5, 5.41) is 12.2. The minimum Gasteiger partial charge on any atom is -0.480 e. The van der Waals surface area contributed by atoms with E-state index in [0.717, 1.165) is 29.3 Å². The quantitative estimate of drug-likeness (QED) is 0.942. The predicted molar refractivity (Wildman–Crippen MR) is 76.5 cm³/mol. The minimum absolute atomic E-state index is 0.327. The van der Waals surface area contributed by atoms with Crippen molar-refractivity contribution in [3.63, 3.8) is 0 Å². The van der Waals surface area contributed by atoms with E-state index in [2.05, 4.69) is 11.1 Å². The van der Waals surface area contributed by atoms with E-state index in [1.165, 1.54) is 4.88 Å². The van der Waals surface area contributed by atoms with E-state index >= 15 is 0 Å². The van der Waals surface area contributed by atoms with E-state index in [0.29, 0.717) is 6.54 Å².